The Morgan fingerprint density at radius 3 is 2.75 bits per heavy atom. The zero-order valence-corrected chi connectivity index (χ0v) is 11.5. The van der Waals surface area contributed by atoms with E-state index in [4.69, 9.17) is 11.2 Å². The van der Waals surface area contributed by atoms with Crippen LogP contribution in [0.5, 0.6) is 5.75 Å². The average Bonchev–Trinajstić information content (AvgIpc) is 2.52. The molecule has 0 saturated heterocycles. The summed E-state index contributed by atoms with van der Waals surface area (Å²) in [6.45, 7) is 3.14. The average molecular weight is 266 g/mol. The lowest BCUT2D eigenvalue weighted by molar-refractivity contribution is 0.364. The second-order valence-corrected chi connectivity index (χ2v) is 4.48. The van der Waals surface area contributed by atoms with E-state index in [1.54, 1.807) is 12.4 Å². The molecule has 0 aliphatic heterocycles. The first kappa shape index (κ1) is 14.1. The van der Waals surface area contributed by atoms with E-state index >= 15 is 0 Å². The minimum Gasteiger partial charge on any atom is -0.481 e. The second kappa shape index (κ2) is 7.32. The Bertz CT molecular complexity index is 575. The maximum absolute atomic E-state index is 5.54. The van der Waals surface area contributed by atoms with Gasteiger partial charge in [0.25, 0.3) is 0 Å². The summed E-state index contributed by atoms with van der Waals surface area (Å²) in [6.07, 6.45) is 8.83. The summed E-state index contributed by atoms with van der Waals surface area (Å²) in [5, 5.41) is 3.47. The third-order valence-electron chi connectivity index (χ3n) is 3.09. The Morgan fingerprint density at radius 2 is 2.00 bits per heavy atom. The van der Waals surface area contributed by atoms with Crippen LogP contribution in [0.2, 0.25) is 0 Å². The SMILES string of the molecule is C#CCOc1ccccc1CN[C@@H](C)c1ccncc1. The predicted molar refractivity (Wildman–Crippen MR) is 80.3 cm³/mol. The molecule has 0 aliphatic carbocycles. The Hall–Kier alpha value is -2.31. The van der Waals surface area contributed by atoms with Gasteiger partial charge in [-0.2, -0.15) is 0 Å². The van der Waals surface area contributed by atoms with Crippen LogP contribution in [0.15, 0.2) is 48.8 Å². The van der Waals surface area contributed by atoms with Crippen molar-refractivity contribution in [3.05, 3.63) is 59.9 Å². The van der Waals surface area contributed by atoms with Crippen LogP contribution in [0.1, 0.15) is 24.1 Å². The topological polar surface area (TPSA) is 34.1 Å². The molecule has 1 N–H and O–H groups in total. The van der Waals surface area contributed by atoms with E-state index in [1.807, 2.05) is 36.4 Å². The molecule has 1 aromatic carbocycles. The highest BCUT2D eigenvalue weighted by molar-refractivity contribution is 5.33. The molecule has 1 atom stereocenters. The van der Waals surface area contributed by atoms with Crippen molar-refractivity contribution in [2.75, 3.05) is 6.61 Å². The first-order valence-corrected chi connectivity index (χ1v) is 6.58. The largest absolute Gasteiger partial charge is 0.481 e. The summed E-state index contributed by atoms with van der Waals surface area (Å²) in [4.78, 5) is 4.03. The highest BCUT2D eigenvalue weighted by atomic mass is 16.5. The van der Waals surface area contributed by atoms with Gasteiger partial charge in [-0.15, -0.1) is 6.42 Å². The fourth-order valence-corrected chi connectivity index (χ4v) is 1.94. The van der Waals surface area contributed by atoms with Crippen molar-refractivity contribution in [3.8, 4) is 18.1 Å². The van der Waals surface area contributed by atoms with Crippen LogP contribution < -0.4 is 10.1 Å². The lowest BCUT2D eigenvalue weighted by atomic mass is 10.1. The van der Waals surface area contributed by atoms with Gasteiger partial charge in [-0.3, -0.25) is 4.98 Å². The van der Waals surface area contributed by atoms with Gasteiger partial charge in [0.15, 0.2) is 0 Å². The van der Waals surface area contributed by atoms with Crippen LogP contribution >= 0.6 is 0 Å². The molecule has 102 valence electrons. The van der Waals surface area contributed by atoms with Gasteiger partial charge in [0.2, 0.25) is 0 Å². The predicted octanol–water partition coefficient (Wildman–Crippen LogP) is 2.94. The third kappa shape index (κ3) is 3.84. The summed E-state index contributed by atoms with van der Waals surface area (Å²) >= 11 is 0. The summed E-state index contributed by atoms with van der Waals surface area (Å²) in [5.41, 5.74) is 2.31. The molecule has 20 heavy (non-hydrogen) atoms. The van der Waals surface area contributed by atoms with Crippen molar-refractivity contribution in [1.82, 2.24) is 10.3 Å². The molecule has 0 spiro atoms. The van der Waals surface area contributed by atoms with Crippen molar-refractivity contribution in [1.29, 1.82) is 0 Å². The monoisotopic (exact) mass is 266 g/mol. The van der Waals surface area contributed by atoms with Gasteiger partial charge in [-0.25, -0.2) is 0 Å². The zero-order chi connectivity index (χ0) is 14.2. The van der Waals surface area contributed by atoms with Crippen LogP contribution in [0.3, 0.4) is 0 Å². The number of aromatic nitrogens is 1. The molecular weight excluding hydrogens is 248 g/mol. The molecule has 0 amide bonds. The molecule has 3 heteroatoms. The fourth-order valence-electron chi connectivity index (χ4n) is 1.94. The molecule has 0 aliphatic rings. The van der Waals surface area contributed by atoms with Gasteiger partial charge in [0.05, 0.1) is 0 Å². The number of hydrogen-bond donors (Lipinski definition) is 1. The van der Waals surface area contributed by atoms with Crippen molar-refractivity contribution in [2.45, 2.75) is 19.5 Å². The van der Waals surface area contributed by atoms with E-state index in [-0.39, 0.29) is 12.6 Å². The minimum absolute atomic E-state index is 0.249. The molecule has 2 aromatic rings. The number of nitrogens with zero attached hydrogens (tertiary/aromatic N) is 1. The molecule has 0 saturated carbocycles. The fraction of sp³-hybridized carbons (Fsp3) is 0.235. The van der Waals surface area contributed by atoms with Gasteiger partial charge < -0.3 is 10.1 Å². The molecule has 2 rings (SSSR count). The first-order valence-electron chi connectivity index (χ1n) is 6.58. The van der Waals surface area contributed by atoms with E-state index in [9.17, 15) is 0 Å². The summed E-state index contributed by atoms with van der Waals surface area (Å²) in [6, 6.07) is 12.2. The molecular formula is C17H18N2O. The van der Waals surface area contributed by atoms with Crippen LogP contribution in [-0.4, -0.2) is 11.6 Å². The number of terminal acetylenes is 1. The van der Waals surface area contributed by atoms with Gasteiger partial charge in [0, 0.05) is 30.5 Å². The Morgan fingerprint density at radius 1 is 1.25 bits per heavy atom. The highest BCUT2D eigenvalue weighted by Crippen LogP contribution is 2.19. The quantitative estimate of drug-likeness (QED) is 0.816. The van der Waals surface area contributed by atoms with Gasteiger partial charge in [-0.05, 0) is 30.7 Å². The van der Waals surface area contributed by atoms with Gasteiger partial charge in [-0.1, -0.05) is 24.1 Å². The summed E-state index contributed by atoms with van der Waals surface area (Å²) in [5.74, 6) is 3.32. The van der Waals surface area contributed by atoms with E-state index in [1.165, 1.54) is 5.56 Å². The molecule has 0 bridgehead atoms. The molecule has 1 heterocycles. The van der Waals surface area contributed by atoms with Crippen LogP contribution in [0, 0.1) is 12.3 Å². The standard InChI is InChI=1S/C17H18N2O/c1-3-12-20-17-7-5-4-6-16(17)13-19-14(2)15-8-10-18-11-9-15/h1,4-11,14,19H,12-13H2,2H3/t14-/m0/s1. The molecule has 0 radical (unpaired) electrons. The first-order chi connectivity index (χ1) is 9.81. The Balaban J connectivity index is 1.99. The molecule has 0 fully saturated rings. The van der Waals surface area contributed by atoms with Crippen molar-refractivity contribution >= 4 is 0 Å². The number of pyridine rings is 1. The van der Waals surface area contributed by atoms with E-state index in [0.29, 0.717) is 0 Å². The number of hydrogen-bond acceptors (Lipinski definition) is 3. The maximum Gasteiger partial charge on any atom is 0.148 e. The van der Waals surface area contributed by atoms with Crippen molar-refractivity contribution < 1.29 is 4.74 Å². The van der Waals surface area contributed by atoms with Gasteiger partial charge >= 0.3 is 0 Å². The van der Waals surface area contributed by atoms with Crippen LogP contribution in [0.25, 0.3) is 0 Å². The summed E-state index contributed by atoms with van der Waals surface area (Å²) < 4.78 is 5.54. The number of para-hydroxylation sites is 1. The second-order valence-electron chi connectivity index (χ2n) is 4.48. The normalized spacial score (nSPS) is 11.6. The van der Waals surface area contributed by atoms with E-state index in [2.05, 4.69) is 23.1 Å². The minimum atomic E-state index is 0.249. The third-order valence-corrected chi connectivity index (χ3v) is 3.09. The molecule has 1 aromatic heterocycles. The molecule has 3 nitrogen and oxygen atoms in total. The number of ether oxygens (including phenoxy) is 1. The smallest absolute Gasteiger partial charge is 0.148 e. The van der Waals surface area contributed by atoms with Crippen molar-refractivity contribution in [2.24, 2.45) is 0 Å². The van der Waals surface area contributed by atoms with Gasteiger partial charge in [0.1, 0.15) is 12.4 Å². The van der Waals surface area contributed by atoms with E-state index < -0.39 is 0 Å². The molecule has 0 unspecified atom stereocenters. The lowest BCUT2D eigenvalue weighted by Gasteiger charge is -2.16. The summed E-state index contributed by atoms with van der Waals surface area (Å²) in [7, 11) is 0. The lowest BCUT2D eigenvalue weighted by Crippen LogP contribution is -2.18. The van der Waals surface area contributed by atoms with E-state index in [0.717, 1.165) is 17.9 Å². The Kier molecular flexibility index (Phi) is 5.16. The van der Waals surface area contributed by atoms with Crippen LogP contribution in [0.4, 0.5) is 0 Å². The van der Waals surface area contributed by atoms with Crippen LogP contribution in [-0.2, 0) is 6.54 Å². The van der Waals surface area contributed by atoms with Crippen molar-refractivity contribution in [3.63, 3.8) is 0 Å². The number of rotatable bonds is 6. The number of nitrogens with one attached hydrogen (secondary N) is 1. The number of benzene rings is 1. The maximum atomic E-state index is 5.54. The zero-order valence-electron chi connectivity index (χ0n) is 11.5. The highest BCUT2D eigenvalue weighted by Gasteiger charge is 2.07. The Labute approximate surface area is 120 Å².